The van der Waals surface area contributed by atoms with Crippen molar-refractivity contribution in [3.63, 3.8) is 0 Å². The zero-order valence-electron chi connectivity index (χ0n) is 17.4. The second-order valence-electron chi connectivity index (χ2n) is 7.84. The van der Waals surface area contributed by atoms with Crippen molar-refractivity contribution < 1.29 is 17.6 Å². The molecule has 9 heteroatoms. The van der Waals surface area contributed by atoms with E-state index in [-0.39, 0.29) is 10.9 Å². The summed E-state index contributed by atoms with van der Waals surface area (Å²) in [5.41, 5.74) is 0. The summed E-state index contributed by atoms with van der Waals surface area (Å²) >= 11 is 0. The first-order chi connectivity index (χ1) is 14.5. The zero-order chi connectivity index (χ0) is 21.0. The van der Waals surface area contributed by atoms with Gasteiger partial charge in [0, 0.05) is 38.9 Å². The molecule has 2 aliphatic rings. The first kappa shape index (κ1) is 21.3. The summed E-state index contributed by atoms with van der Waals surface area (Å²) in [6.07, 6.45) is 4.38. The predicted molar refractivity (Wildman–Crippen MR) is 114 cm³/mol. The number of anilines is 1. The summed E-state index contributed by atoms with van der Waals surface area (Å²) in [6.45, 7) is 6.82. The normalized spacial score (nSPS) is 20.2. The molecule has 0 saturated carbocycles. The summed E-state index contributed by atoms with van der Waals surface area (Å²) in [7, 11) is -3.46. The van der Waals surface area contributed by atoms with Crippen LogP contribution in [0.5, 0.6) is 0 Å². The van der Waals surface area contributed by atoms with Gasteiger partial charge in [-0.2, -0.15) is 4.31 Å². The molecule has 1 N–H and O–H groups in total. The van der Waals surface area contributed by atoms with Crippen molar-refractivity contribution in [1.82, 2.24) is 14.2 Å². The summed E-state index contributed by atoms with van der Waals surface area (Å²) in [4.78, 5) is 6.95. The van der Waals surface area contributed by atoms with Gasteiger partial charge < -0.3 is 14.5 Å². The fourth-order valence-corrected chi connectivity index (χ4v) is 5.49. The molecule has 0 radical (unpaired) electrons. The molecule has 1 atom stereocenters. The molecule has 0 amide bonds. The largest absolute Gasteiger partial charge is 0.465 e. The Morgan fingerprint density at radius 1 is 1.07 bits per heavy atom. The molecule has 0 spiro atoms. The molecule has 2 aliphatic heterocycles. The van der Waals surface area contributed by atoms with Crippen molar-refractivity contribution in [2.45, 2.75) is 37.1 Å². The second kappa shape index (κ2) is 9.47. The number of nitrogens with zero attached hydrogens (tertiary/aromatic N) is 3. The van der Waals surface area contributed by atoms with Gasteiger partial charge in [0.15, 0.2) is 0 Å². The van der Waals surface area contributed by atoms with Crippen LogP contribution in [0.3, 0.4) is 0 Å². The van der Waals surface area contributed by atoms with Gasteiger partial charge in [0.1, 0.15) is 22.2 Å². The van der Waals surface area contributed by atoms with Crippen LogP contribution in [-0.4, -0.2) is 68.5 Å². The lowest BCUT2D eigenvalue weighted by molar-refractivity contribution is 0.0143. The van der Waals surface area contributed by atoms with Crippen molar-refractivity contribution in [1.29, 1.82) is 0 Å². The minimum absolute atomic E-state index is 0.0566. The topological polar surface area (TPSA) is 87.9 Å². The van der Waals surface area contributed by atoms with Gasteiger partial charge in [0.25, 0.3) is 0 Å². The van der Waals surface area contributed by atoms with E-state index in [1.165, 1.54) is 6.20 Å². The molecule has 0 aromatic carbocycles. The third kappa shape index (κ3) is 4.85. The van der Waals surface area contributed by atoms with Crippen LogP contribution in [0.4, 0.5) is 5.82 Å². The van der Waals surface area contributed by atoms with Gasteiger partial charge in [0.2, 0.25) is 10.0 Å². The Morgan fingerprint density at radius 2 is 1.83 bits per heavy atom. The van der Waals surface area contributed by atoms with E-state index in [0.29, 0.717) is 38.7 Å². The van der Waals surface area contributed by atoms with Crippen LogP contribution >= 0.6 is 0 Å². The number of piperidine rings is 1. The first-order valence-corrected chi connectivity index (χ1v) is 12.1. The van der Waals surface area contributed by atoms with Crippen molar-refractivity contribution >= 4 is 15.8 Å². The molecule has 8 nitrogen and oxygen atoms in total. The number of ether oxygens (including phenoxy) is 1. The van der Waals surface area contributed by atoms with Gasteiger partial charge in [-0.25, -0.2) is 13.4 Å². The van der Waals surface area contributed by atoms with Crippen LogP contribution in [-0.2, 0) is 14.8 Å². The highest BCUT2D eigenvalue weighted by Crippen LogP contribution is 2.25. The van der Waals surface area contributed by atoms with Crippen molar-refractivity contribution in [2.24, 2.45) is 0 Å². The standard InChI is InChI=1S/C21H30N4O4S/c1-17-5-7-20(29-17)19(24-11-13-28-14-12-24)16-23-21-8-6-18(15-22-21)30(26,27)25-9-3-2-4-10-25/h5-8,15,19H,2-4,9-14,16H2,1H3,(H,22,23). The van der Waals surface area contributed by atoms with E-state index in [9.17, 15) is 8.42 Å². The lowest BCUT2D eigenvalue weighted by Gasteiger charge is -2.33. The fourth-order valence-electron chi connectivity index (χ4n) is 4.02. The molecule has 164 valence electrons. The smallest absolute Gasteiger partial charge is 0.244 e. The van der Waals surface area contributed by atoms with Gasteiger partial charge >= 0.3 is 0 Å². The highest BCUT2D eigenvalue weighted by Gasteiger charge is 2.27. The van der Waals surface area contributed by atoms with Gasteiger partial charge in [-0.1, -0.05) is 6.42 Å². The lowest BCUT2D eigenvalue weighted by atomic mass is 10.1. The van der Waals surface area contributed by atoms with Gasteiger partial charge in [0.05, 0.1) is 19.3 Å². The summed E-state index contributed by atoms with van der Waals surface area (Å²) in [5.74, 6) is 2.44. The van der Waals surface area contributed by atoms with Gasteiger partial charge in [-0.05, 0) is 44.0 Å². The average molecular weight is 435 g/mol. The van der Waals surface area contributed by atoms with E-state index in [4.69, 9.17) is 9.15 Å². The maximum absolute atomic E-state index is 12.8. The molecule has 4 heterocycles. The third-order valence-corrected chi connectivity index (χ3v) is 7.62. The van der Waals surface area contributed by atoms with Crippen molar-refractivity contribution in [2.75, 3.05) is 51.3 Å². The highest BCUT2D eigenvalue weighted by atomic mass is 32.2. The summed E-state index contributed by atoms with van der Waals surface area (Å²) in [6, 6.07) is 7.42. The Balaban J connectivity index is 1.43. The molecule has 2 saturated heterocycles. The van der Waals surface area contributed by atoms with Gasteiger partial charge in [-0.3, -0.25) is 4.90 Å². The lowest BCUT2D eigenvalue weighted by Crippen LogP contribution is -2.41. The SMILES string of the molecule is Cc1ccc(C(CNc2ccc(S(=O)(=O)N3CCCCC3)cn2)N2CCOCC2)o1. The number of rotatable bonds is 7. The Morgan fingerprint density at radius 3 is 2.47 bits per heavy atom. The maximum atomic E-state index is 12.8. The Bertz CT molecular complexity index is 917. The van der Waals surface area contributed by atoms with Crippen LogP contribution in [0.15, 0.2) is 39.8 Å². The number of aromatic nitrogens is 1. The summed E-state index contributed by atoms with van der Waals surface area (Å²) in [5, 5.41) is 3.35. The molecular weight excluding hydrogens is 404 g/mol. The quantitative estimate of drug-likeness (QED) is 0.717. The molecule has 30 heavy (non-hydrogen) atoms. The molecule has 0 aliphatic carbocycles. The number of nitrogens with one attached hydrogen (secondary N) is 1. The minimum Gasteiger partial charge on any atom is -0.465 e. The number of hydrogen-bond acceptors (Lipinski definition) is 7. The highest BCUT2D eigenvalue weighted by molar-refractivity contribution is 7.89. The summed E-state index contributed by atoms with van der Waals surface area (Å²) < 4.78 is 38.5. The number of morpholine rings is 1. The van der Waals surface area contributed by atoms with E-state index in [1.54, 1.807) is 16.4 Å². The van der Waals surface area contributed by atoms with E-state index in [0.717, 1.165) is 43.9 Å². The molecule has 0 bridgehead atoms. The molecule has 2 aromatic heterocycles. The number of aryl methyl sites for hydroxylation is 1. The van der Waals surface area contributed by atoms with Crippen molar-refractivity contribution in [3.8, 4) is 0 Å². The Hall–Kier alpha value is -1.94. The van der Waals surface area contributed by atoms with Crippen LogP contribution in [0.1, 0.15) is 36.8 Å². The monoisotopic (exact) mass is 434 g/mol. The number of pyridine rings is 1. The predicted octanol–water partition coefficient (Wildman–Crippen LogP) is 2.64. The van der Waals surface area contributed by atoms with Crippen LogP contribution in [0.25, 0.3) is 0 Å². The Labute approximate surface area is 178 Å². The van der Waals surface area contributed by atoms with Gasteiger partial charge in [-0.15, -0.1) is 0 Å². The molecule has 4 rings (SSSR count). The second-order valence-corrected chi connectivity index (χ2v) is 9.78. The van der Waals surface area contributed by atoms with E-state index >= 15 is 0 Å². The van der Waals surface area contributed by atoms with Crippen LogP contribution in [0.2, 0.25) is 0 Å². The van der Waals surface area contributed by atoms with Crippen LogP contribution < -0.4 is 5.32 Å². The maximum Gasteiger partial charge on any atom is 0.244 e. The Kier molecular flexibility index (Phi) is 6.72. The molecular formula is C21H30N4O4S. The number of furan rings is 1. The minimum atomic E-state index is -3.46. The fraction of sp³-hybridized carbons (Fsp3) is 0.571. The molecule has 2 fully saturated rings. The molecule has 1 unspecified atom stereocenters. The first-order valence-electron chi connectivity index (χ1n) is 10.6. The zero-order valence-corrected chi connectivity index (χ0v) is 18.2. The molecule has 2 aromatic rings. The number of sulfonamides is 1. The van der Waals surface area contributed by atoms with E-state index in [1.807, 2.05) is 19.1 Å². The van der Waals surface area contributed by atoms with E-state index in [2.05, 4.69) is 15.2 Å². The number of hydrogen-bond donors (Lipinski definition) is 1. The van der Waals surface area contributed by atoms with Crippen molar-refractivity contribution in [3.05, 3.63) is 42.0 Å². The van der Waals surface area contributed by atoms with Crippen LogP contribution in [0, 0.1) is 6.92 Å². The van der Waals surface area contributed by atoms with E-state index < -0.39 is 10.0 Å². The average Bonchev–Trinajstić information content (AvgIpc) is 3.21. The third-order valence-electron chi connectivity index (χ3n) is 5.74.